The minimum Gasteiger partial charge on any atom is -0.431 e. The third-order valence-electron chi connectivity index (χ3n) is 4.22. The van der Waals surface area contributed by atoms with Gasteiger partial charge >= 0.3 is 5.97 Å². The average Bonchev–Trinajstić information content (AvgIpc) is 3.22. The zero-order valence-corrected chi connectivity index (χ0v) is 9.63. The summed E-state index contributed by atoms with van der Waals surface area (Å²) in [6.45, 7) is 0. The number of rotatable bonds is 2. The fourth-order valence-corrected chi connectivity index (χ4v) is 3.00. The van der Waals surface area contributed by atoms with Gasteiger partial charge in [0, 0.05) is 6.42 Å². The topological polar surface area (TPSA) is 51.4 Å². The van der Waals surface area contributed by atoms with Crippen LogP contribution in [0.2, 0.25) is 0 Å². The lowest BCUT2D eigenvalue weighted by atomic mass is 9.89. The Morgan fingerprint density at radius 3 is 2.94 bits per heavy atom. The van der Waals surface area contributed by atoms with E-state index in [2.05, 4.69) is 0 Å². The summed E-state index contributed by atoms with van der Waals surface area (Å²) in [6, 6.07) is 0. The van der Waals surface area contributed by atoms with E-state index in [0.29, 0.717) is 18.3 Å². The van der Waals surface area contributed by atoms with E-state index in [4.69, 9.17) is 14.2 Å². The number of hydrogen-bond donors (Lipinski definition) is 0. The zero-order valence-electron chi connectivity index (χ0n) is 9.63. The van der Waals surface area contributed by atoms with Crippen molar-refractivity contribution in [1.29, 1.82) is 0 Å². The molecule has 4 rings (SSSR count). The van der Waals surface area contributed by atoms with E-state index in [1.54, 1.807) is 0 Å². The summed E-state index contributed by atoms with van der Waals surface area (Å²) in [4.78, 5) is 12.0. The zero-order chi connectivity index (χ0) is 11.4. The standard InChI is InChI=1S/C13H16O4/c14-13(7-1-3-9-11(5-7)16-9)15-8-2-4-10-12(6-8)17-10/h6-7,9-12H,1-5H2. The molecule has 0 spiro atoms. The predicted octanol–water partition coefficient (Wildman–Crippen LogP) is 1.54. The molecule has 2 heterocycles. The molecule has 1 saturated carbocycles. The van der Waals surface area contributed by atoms with Crippen LogP contribution in [0, 0.1) is 5.92 Å². The fourth-order valence-electron chi connectivity index (χ4n) is 3.00. The van der Waals surface area contributed by atoms with Crippen LogP contribution in [-0.4, -0.2) is 30.4 Å². The first-order valence-corrected chi connectivity index (χ1v) is 6.53. The quantitative estimate of drug-likeness (QED) is 0.539. The van der Waals surface area contributed by atoms with Gasteiger partial charge in [0.25, 0.3) is 0 Å². The second kappa shape index (κ2) is 3.56. The molecule has 4 nitrogen and oxygen atoms in total. The molecule has 0 aromatic rings. The summed E-state index contributed by atoms with van der Waals surface area (Å²) in [5.41, 5.74) is 0. The molecule has 2 saturated heterocycles. The average molecular weight is 236 g/mol. The van der Waals surface area contributed by atoms with Gasteiger partial charge in [0.2, 0.25) is 0 Å². The molecule has 2 aliphatic heterocycles. The van der Waals surface area contributed by atoms with E-state index in [9.17, 15) is 4.79 Å². The number of esters is 1. The fraction of sp³-hybridized carbons (Fsp3) is 0.769. The number of fused-ring (bicyclic) bond motifs is 2. The smallest absolute Gasteiger partial charge is 0.314 e. The summed E-state index contributed by atoms with van der Waals surface area (Å²) in [6.07, 6.45) is 7.94. The monoisotopic (exact) mass is 236 g/mol. The minimum absolute atomic E-state index is 0.0393. The molecule has 0 aromatic carbocycles. The maximum atomic E-state index is 12.0. The Balaban J connectivity index is 1.36. The van der Waals surface area contributed by atoms with Crippen molar-refractivity contribution >= 4 is 5.97 Å². The number of carbonyl (C=O) groups is 1. The highest BCUT2D eigenvalue weighted by atomic mass is 16.6. The van der Waals surface area contributed by atoms with Gasteiger partial charge in [-0.3, -0.25) is 4.79 Å². The van der Waals surface area contributed by atoms with E-state index in [1.807, 2.05) is 6.08 Å². The first kappa shape index (κ1) is 10.1. The van der Waals surface area contributed by atoms with Crippen LogP contribution in [0.4, 0.5) is 0 Å². The van der Waals surface area contributed by atoms with Crippen molar-refractivity contribution in [3.05, 3.63) is 11.8 Å². The number of carbonyl (C=O) groups excluding carboxylic acids is 1. The van der Waals surface area contributed by atoms with Crippen LogP contribution in [0.25, 0.3) is 0 Å². The molecule has 0 bridgehead atoms. The van der Waals surface area contributed by atoms with Crippen molar-refractivity contribution in [3.8, 4) is 0 Å². The lowest BCUT2D eigenvalue weighted by Gasteiger charge is -2.19. The maximum Gasteiger partial charge on any atom is 0.314 e. The van der Waals surface area contributed by atoms with Gasteiger partial charge in [0.05, 0.1) is 24.2 Å². The molecular weight excluding hydrogens is 220 g/mol. The molecule has 4 heteroatoms. The Morgan fingerprint density at radius 2 is 2.12 bits per heavy atom. The first-order valence-electron chi connectivity index (χ1n) is 6.53. The van der Waals surface area contributed by atoms with E-state index in [0.717, 1.165) is 37.9 Å². The Morgan fingerprint density at radius 1 is 1.18 bits per heavy atom. The summed E-state index contributed by atoms with van der Waals surface area (Å²) in [7, 11) is 0. The van der Waals surface area contributed by atoms with Gasteiger partial charge in [-0.05, 0) is 31.8 Å². The first-order chi connectivity index (χ1) is 8.29. The summed E-state index contributed by atoms with van der Waals surface area (Å²) >= 11 is 0. The largest absolute Gasteiger partial charge is 0.431 e. The minimum atomic E-state index is -0.0655. The maximum absolute atomic E-state index is 12.0. The molecule has 0 amide bonds. The molecule has 2 aliphatic carbocycles. The van der Waals surface area contributed by atoms with Crippen LogP contribution in [-0.2, 0) is 19.0 Å². The van der Waals surface area contributed by atoms with E-state index < -0.39 is 0 Å². The summed E-state index contributed by atoms with van der Waals surface area (Å²) in [5, 5.41) is 0. The van der Waals surface area contributed by atoms with Gasteiger partial charge in [-0.15, -0.1) is 0 Å². The SMILES string of the molecule is O=C(OC1=CC2OC2CC1)C1CCC2OC2C1. The molecule has 5 unspecified atom stereocenters. The molecule has 4 aliphatic rings. The highest BCUT2D eigenvalue weighted by molar-refractivity contribution is 5.74. The van der Waals surface area contributed by atoms with Crippen molar-refractivity contribution in [1.82, 2.24) is 0 Å². The second-order valence-electron chi connectivity index (χ2n) is 5.45. The molecular formula is C13H16O4. The Kier molecular flexibility index (Phi) is 2.11. The number of allylic oxidation sites excluding steroid dienone is 1. The van der Waals surface area contributed by atoms with Crippen molar-refractivity contribution in [3.63, 3.8) is 0 Å². The van der Waals surface area contributed by atoms with E-state index in [-0.39, 0.29) is 18.0 Å². The van der Waals surface area contributed by atoms with Crippen molar-refractivity contribution in [2.24, 2.45) is 5.92 Å². The van der Waals surface area contributed by atoms with Crippen molar-refractivity contribution < 1.29 is 19.0 Å². The number of ether oxygens (including phenoxy) is 3. The van der Waals surface area contributed by atoms with Gasteiger partial charge in [0.15, 0.2) is 0 Å². The van der Waals surface area contributed by atoms with Crippen LogP contribution >= 0.6 is 0 Å². The van der Waals surface area contributed by atoms with Gasteiger partial charge < -0.3 is 14.2 Å². The van der Waals surface area contributed by atoms with E-state index in [1.165, 1.54) is 0 Å². The van der Waals surface area contributed by atoms with Crippen molar-refractivity contribution in [2.75, 3.05) is 0 Å². The second-order valence-corrected chi connectivity index (χ2v) is 5.45. The van der Waals surface area contributed by atoms with Crippen LogP contribution < -0.4 is 0 Å². The lowest BCUT2D eigenvalue weighted by Crippen LogP contribution is -2.24. The highest BCUT2D eigenvalue weighted by Crippen LogP contribution is 2.41. The van der Waals surface area contributed by atoms with Gasteiger partial charge in [-0.1, -0.05) is 0 Å². The van der Waals surface area contributed by atoms with Crippen LogP contribution in [0.5, 0.6) is 0 Å². The number of epoxide rings is 2. The Bertz CT molecular complexity index is 389. The molecule has 5 atom stereocenters. The summed E-state index contributed by atoms with van der Waals surface area (Å²) < 4.78 is 16.3. The molecule has 0 radical (unpaired) electrons. The van der Waals surface area contributed by atoms with E-state index >= 15 is 0 Å². The van der Waals surface area contributed by atoms with Gasteiger partial charge in [-0.2, -0.15) is 0 Å². The van der Waals surface area contributed by atoms with Gasteiger partial charge in [0.1, 0.15) is 11.9 Å². The lowest BCUT2D eigenvalue weighted by molar-refractivity contribution is -0.145. The number of hydrogen-bond acceptors (Lipinski definition) is 4. The van der Waals surface area contributed by atoms with Crippen LogP contribution in [0.3, 0.4) is 0 Å². The molecule has 0 N–H and O–H groups in total. The summed E-state index contributed by atoms with van der Waals surface area (Å²) in [5.74, 6) is 0.786. The van der Waals surface area contributed by atoms with Crippen molar-refractivity contribution in [2.45, 2.75) is 56.5 Å². The Hall–Kier alpha value is -0.870. The van der Waals surface area contributed by atoms with Crippen LogP contribution in [0.15, 0.2) is 11.8 Å². The molecule has 92 valence electrons. The van der Waals surface area contributed by atoms with Crippen LogP contribution in [0.1, 0.15) is 32.1 Å². The molecule has 3 fully saturated rings. The molecule has 0 aromatic heterocycles. The third-order valence-corrected chi connectivity index (χ3v) is 4.22. The normalized spacial score (nSPS) is 46.4. The van der Waals surface area contributed by atoms with Gasteiger partial charge in [-0.25, -0.2) is 0 Å². The predicted molar refractivity (Wildman–Crippen MR) is 58.1 cm³/mol. The molecule has 17 heavy (non-hydrogen) atoms. The Labute approximate surface area is 99.9 Å². The highest BCUT2D eigenvalue weighted by Gasteiger charge is 2.46. The third kappa shape index (κ3) is 1.89.